The van der Waals surface area contributed by atoms with Crippen molar-refractivity contribution >= 4 is 34.0 Å². The van der Waals surface area contributed by atoms with Crippen molar-refractivity contribution in [3.8, 4) is 5.75 Å². The van der Waals surface area contributed by atoms with Gasteiger partial charge in [-0.05, 0) is 48.9 Å². The maximum absolute atomic E-state index is 12.3. The number of anilines is 1. The fourth-order valence-electron chi connectivity index (χ4n) is 2.29. The van der Waals surface area contributed by atoms with E-state index in [1.807, 2.05) is 31.2 Å². The molecule has 0 atom stereocenters. The lowest BCUT2D eigenvalue weighted by atomic mass is 10.1. The van der Waals surface area contributed by atoms with Crippen molar-refractivity contribution in [2.45, 2.75) is 13.3 Å². The molecule has 2 aromatic carbocycles. The summed E-state index contributed by atoms with van der Waals surface area (Å²) in [6, 6.07) is 14.8. The first kappa shape index (κ1) is 17.5. The Kier molecular flexibility index (Phi) is 5.68. The number of hydrogen-bond donors (Lipinski definition) is 1. The summed E-state index contributed by atoms with van der Waals surface area (Å²) < 4.78 is 5.38. The topological polar surface area (TPSA) is 51.2 Å². The summed E-state index contributed by atoms with van der Waals surface area (Å²) in [5.74, 6) is 0.564. The van der Waals surface area contributed by atoms with E-state index in [1.54, 1.807) is 30.5 Å². The molecule has 3 rings (SSSR count). The van der Waals surface area contributed by atoms with Gasteiger partial charge in [0, 0.05) is 28.1 Å². The van der Waals surface area contributed by atoms with Crippen LogP contribution in [-0.4, -0.2) is 17.5 Å². The molecule has 1 N–H and O–H groups in total. The molecule has 0 radical (unpaired) electrons. The van der Waals surface area contributed by atoms with E-state index >= 15 is 0 Å². The molecule has 0 unspecified atom stereocenters. The molecule has 0 spiro atoms. The van der Waals surface area contributed by atoms with E-state index in [0.29, 0.717) is 17.3 Å². The molecule has 4 nitrogen and oxygen atoms in total. The Morgan fingerprint density at radius 1 is 1.16 bits per heavy atom. The second-order valence-electron chi connectivity index (χ2n) is 5.35. The molecule has 0 aliphatic carbocycles. The third-order valence-electron chi connectivity index (χ3n) is 3.49. The van der Waals surface area contributed by atoms with Crippen LogP contribution in [0.5, 0.6) is 5.75 Å². The number of benzene rings is 2. The van der Waals surface area contributed by atoms with Gasteiger partial charge in [0.2, 0.25) is 0 Å². The molecule has 3 aromatic rings. The summed E-state index contributed by atoms with van der Waals surface area (Å²) in [5.41, 5.74) is 1.72. The van der Waals surface area contributed by atoms with Crippen LogP contribution in [0.25, 0.3) is 0 Å². The molecule has 0 aliphatic heterocycles. The minimum absolute atomic E-state index is 0.185. The summed E-state index contributed by atoms with van der Waals surface area (Å²) in [5, 5.41) is 4.14. The average Bonchev–Trinajstić information content (AvgIpc) is 3.05. The number of aromatic nitrogens is 1. The van der Waals surface area contributed by atoms with Crippen LogP contribution in [0.3, 0.4) is 0 Å². The molecule has 0 fully saturated rings. The maximum Gasteiger partial charge on any atom is 0.257 e. The summed E-state index contributed by atoms with van der Waals surface area (Å²) in [6.07, 6.45) is 2.54. The first-order valence-electron chi connectivity index (χ1n) is 7.87. The highest BCUT2D eigenvalue weighted by Crippen LogP contribution is 2.23. The standard InChI is InChI=1S/C19H17ClN2O2S/c1-2-24-16-9-5-14(6-10-16)18(23)22-19-21-12-17(25-19)11-13-3-7-15(20)8-4-13/h3-10,12H,2,11H2,1H3,(H,21,22,23). The summed E-state index contributed by atoms with van der Waals surface area (Å²) in [4.78, 5) is 17.6. The predicted octanol–water partition coefficient (Wildman–Crippen LogP) is 5.04. The SMILES string of the molecule is CCOc1ccc(C(=O)Nc2ncc(Cc3ccc(Cl)cc3)s2)cc1. The van der Waals surface area contributed by atoms with Crippen LogP contribution in [0, 0.1) is 0 Å². The Hall–Kier alpha value is -2.37. The average molecular weight is 373 g/mol. The molecule has 6 heteroatoms. The largest absolute Gasteiger partial charge is 0.494 e. The molecule has 1 aromatic heterocycles. The number of ether oxygens (including phenoxy) is 1. The highest BCUT2D eigenvalue weighted by Gasteiger charge is 2.10. The third-order valence-corrected chi connectivity index (χ3v) is 4.66. The van der Waals surface area contributed by atoms with Crippen LogP contribution < -0.4 is 10.1 Å². The van der Waals surface area contributed by atoms with Gasteiger partial charge in [-0.25, -0.2) is 4.98 Å². The molecule has 1 amide bonds. The van der Waals surface area contributed by atoms with Gasteiger partial charge in [0.05, 0.1) is 6.61 Å². The van der Waals surface area contributed by atoms with Gasteiger partial charge in [0.1, 0.15) is 5.75 Å². The van der Waals surface area contributed by atoms with E-state index in [9.17, 15) is 4.79 Å². The summed E-state index contributed by atoms with van der Waals surface area (Å²) in [6.45, 7) is 2.52. The van der Waals surface area contributed by atoms with Crippen molar-refractivity contribution in [3.05, 3.63) is 75.8 Å². The lowest BCUT2D eigenvalue weighted by Crippen LogP contribution is -2.11. The monoisotopic (exact) mass is 372 g/mol. The molecule has 0 aliphatic rings. The second kappa shape index (κ2) is 8.14. The number of carbonyl (C=O) groups is 1. The number of halogens is 1. The van der Waals surface area contributed by atoms with Crippen LogP contribution in [0.15, 0.2) is 54.7 Å². The van der Waals surface area contributed by atoms with Crippen LogP contribution >= 0.6 is 22.9 Å². The number of thiazole rings is 1. The number of nitrogens with one attached hydrogen (secondary N) is 1. The Bertz CT molecular complexity index is 845. The summed E-state index contributed by atoms with van der Waals surface area (Å²) in [7, 11) is 0. The fraction of sp³-hybridized carbons (Fsp3) is 0.158. The Morgan fingerprint density at radius 3 is 2.56 bits per heavy atom. The van der Waals surface area contributed by atoms with Crippen molar-refractivity contribution in [1.29, 1.82) is 0 Å². The molecule has 25 heavy (non-hydrogen) atoms. The zero-order valence-corrected chi connectivity index (χ0v) is 15.2. The van der Waals surface area contributed by atoms with E-state index in [2.05, 4.69) is 10.3 Å². The van der Waals surface area contributed by atoms with Crippen LogP contribution in [0.4, 0.5) is 5.13 Å². The summed E-state index contributed by atoms with van der Waals surface area (Å²) >= 11 is 7.36. The van der Waals surface area contributed by atoms with Gasteiger partial charge < -0.3 is 4.74 Å². The quantitative estimate of drug-likeness (QED) is 0.659. The van der Waals surface area contributed by atoms with E-state index in [0.717, 1.165) is 27.6 Å². The van der Waals surface area contributed by atoms with Gasteiger partial charge in [-0.1, -0.05) is 23.7 Å². The number of rotatable bonds is 6. The smallest absolute Gasteiger partial charge is 0.257 e. The lowest BCUT2D eigenvalue weighted by Gasteiger charge is -2.04. The first-order chi connectivity index (χ1) is 12.1. The van der Waals surface area contributed by atoms with Crippen LogP contribution in [0.1, 0.15) is 27.7 Å². The molecule has 0 saturated carbocycles. The van der Waals surface area contributed by atoms with Crippen molar-refractivity contribution in [2.24, 2.45) is 0 Å². The normalized spacial score (nSPS) is 10.5. The minimum Gasteiger partial charge on any atom is -0.494 e. The van der Waals surface area contributed by atoms with Gasteiger partial charge in [0.25, 0.3) is 5.91 Å². The lowest BCUT2D eigenvalue weighted by molar-refractivity contribution is 0.102. The first-order valence-corrected chi connectivity index (χ1v) is 9.07. The van der Waals surface area contributed by atoms with Crippen molar-refractivity contribution < 1.29 is 9.53 Å². The van der Waals surface area contributed by atoms with Gasteiger partial charge >= 0.3 is 0 Å². The third kappa shape index (κ3) is 4.81. The van der Waals surface area contributed by atoms with Crippen molar-refractivity contribution in [2.75, 3.05) is 11.9 Å². The van der Waals surface area contributed by atoms with Crippen molar-refractivity contribution in [1.82, 2.24) is 4.98 Å². The van der Waals surface area contributed by atoms with Crippen LogP contribution in [-0.2, 0) is 6.42 Å². The number of carbonyl (C=O) groups excluding carboxylic acids is 1. The highest BCUT2D eigenvalue weighted by molar-refractivity contribution is 7.15. The molecular formula is C19H17ClN2O2S. The molecule has 128 valence electrons. The van der Waals surface area contributed by atoms with Gasteiger partial charge in [-0.2, -0.15) is 0 Å². The van der Waals surface area contributed by atoms with E-state index in [4.69, 9.17) is 16.3 Å². The Balaban J connectivity index is 1.62. The fourth-order valence-corrected chi connectivity index (χ4v) is 3.26. The Labute approximate surface area is 155 Å². The zero-order chi connectivity index (χ0) is 17.6. The molecule has 0 saturated heterocycles. The zero-order valence-electron chi connectivity index (χ0n) is 13.7. The van der Waals surface area contributed by atoms with E-state index in [-0.39, 0.29) is 5.91 Å². The number of amides is 1. The van der Waals surface area contributed by atoms with Gasteiger partial charge in [-0.3, -0.25) is 10.1 Å². The van der Waals surface area contributed by atoms with Crippen molar-refractivity contribution in [3.63, 3.8) is 0 Å². The van der Waals surface area contributed by atoms with E-state index < -0.39 is 0 Å². The van der Waals surface area contributed by atoms with Gasteiger partial charge in [0.15, 0.2) is 5.13 Å². The van der Waals surface area contributed by atoms with Crippen LogP contribution in [0.2, 0.25) is 5.02 Å². The number of nitrogens with zero attached hydrogens (tertiary/aromatic N) is 1. The molecular weight excluding hydrogens is 356 g/mol. The predicted molar refractivity (Wildman–Crippen MR) is 102 cm³/mol. The molecule has 0 bridgehead atoms. The van der Waals surface area contributed by atoms with Gasteiger partial charge in [-0.15, -0.1) is 11.3 Å². The van der Waals surface area contributed by atoms with E-state index in [1.165, 1.54) is 11.3 Å². The maximum atomic E-state index is 12.3. The highest BCUT2D eigenvalue weighted by atomic mass is 35.5. The Morgan fingerprint density at radius 2 is 1.88 bits per heavy atom. The molecule has 1 heterocycles. The second-order valence-corrected chi connectivity index (χ2v) is 6.90. The number of hydrogen-bond acceptors (Lipinski definition) is 4. The minimum atomic E-state index is -0.185.